The van der Waals surface area contributed by atoms with Gasteiger partial charge in [-0.2, -0.15) is 10.1 Å². The van der Waals surface area contributed by atoms with E-state index in [1.165, 1.54) is 4.80 Å². The van der Waals surface area contributed by atoms with Gasteiger partial charge >= 0.3 is 0 Å². The van der Waals surface area contributed by atoms with Crippen molar-refractivity contribution >= 4 is 17.7 Å². The van der Waals surface area contributed by atoms with E-state index in [-0.39, 0.29) is 30.3 Å². The SMILES string of the molecule is CNC(=O)c1ccc2c(c1)CCc1cc(C(=O)NC)ccc1C2(CCNCC(=O)N1CCC[C@H]1C#N)c1nnn(C)n1. The predicted molar refractivity (Wildman–Crippen MR) is 154 cm³/mol. The number of nitrogens with zero attached hydrogens (tertiary/aromatic N) is 6. The average molecular weight is 570 g/mol. The third kappa shape index (κ3) is 5.23. The number of hydrogen-bond donors (Lipinski definition) is 3. The first kappa shape index (κ1) is 28.9. The van der Waals surface area contributed by atoms with Gasteiger partial charge in [-0.3, -0.25) is 14.4 Å². The maximum absolute atomic E-state index is 12.9. The van der Waals surface area contributed by atoms with Crippen molar-refractivity contribution in [2.24, 2.45) is 7.05 Å². The second-order valence-electron chi connectivity index (χ2n) is 10.7. The highest BCUT2D eigenvalue weighted by atomic mass is 16.2. The largest absolute Gasteiger partial charge is 0.355 e. The molecule has 1 aliphatic heterocycles. The first-order chi connectivity index (χ1) is 20.3. The van der Waals surface area contributed by atoms with Crippen LogP contribution in [-0.4, -0.2) is 82.6 Å². The van der Waals surface area contributed by atoms with Crippen LogP contribution in [0.5, 0.6) is 0 Å². The molecule has 3 N–H and O–H groups in total. The lowest BCUT2D eigenvalue weighted by Crippen LogP contribution is -2.42. The second-order valence-corrected chi connectivity index (χ2v) is 10.7. The number of benzene rings is 2. The monoisotopic (exact) mass is 569 g/mol. The Morgan fingerprint density at radius 2 is 1.64 bits per heavy atom. The number of rotatable bonds is 8. The summed E-state index contributed by atoms with van der Waals surface area (Å²) in [5.41, 5.74) is 4.08. The molecule has 0 spiro atoms. The van der Waals surface area contributed by atoms with Crippen LogP contribution in [0.15, 0.2) is 36.4 Å². The summed E-state index contributed by atoms with van der Waals surface area (Å²) in [5, 5.41) is 31.5. The number of nitriles is 1. The van der Waals surface area contributed by atoms with E-state index >= 15 is 0 Å². The van der Waals surface area contributed by atoms with Crippen molar-refractivity contribution in [2.75, 3.05) is 33.7 Å². The maximum Gasteiger partial charge on any atom is 0.251 e. The number of hydrogen-bond acceptors (Lipinski definition) is 8. The van der Waals surface area contributed by atoms with Crippen LogP contribution in [0.2, 0.25) is 0 Å². The van der Waals surface area contributed by atoms with Gasteiger partial charge in [-0.15, -0.1) is 10.2 Å². The molecule has 1 aromatic heterocycles. The first-order valence-corrected chi connectivity index (χ1v) is 14.2. The molecule has 0 unspecified atom stereocenters. The lowest BCUT2D eigenvalue weighted by Gasteiger charge is -2.34. The fraction of sp³-hybridized carbons (Fsp3) is 0.433. The smallest absolute Gasteiger partial charge is 0.251 e. The minimum absolute atomic E-state index is 0.0992. The van der Waals surface area contributed by atoms with Gasteiger partial charge in [-0.25, -0.2) is 0 Å². The summed E-state index contributed by atoms with van der Waals surface area (Å²) >= 11 is 0. The quantitative estimate of drug-likeness (QED) is 0.337. The van der Waals surface area contributed by atoms with Crippen molar-refractivity contribution in [1.29, 1.82) is 5.26 Å². The van der Waals surface area contributed by atoms with Crippen molar-refractivity contribution in [3.63, 3.8) is 0 Å². The van der Waals surface area contributed by atoms with Crippen LogP contribution < -0.4 is 16.0 Å². The van der Waals surface area contributed by atoms with E-state index in [0.717, 1.165) is 28.7 Å². The molecule has 0 saturated carbocycles. The van der Waals surface area contributed by atoms with Gasteiger partial charge in [-0.05, 0) is 90.4 Å². The fourth-order valence-corrected chi connectivity index (χ4v) is 6.27. The minimum Gasteiger partial charge on any atom is -0.355 e. The van der Waals surface area contributed by atoms with Crippen LogP contribution in [0, 0.1) is 11.3 Å². The van der Waals surface area contributed by atoms with Gasteiger partial charge in [0.25, 0.3) is 11.8 Å². The van der Waals surface area contributed by atoms with Crippen molar-refractivity contribution < 1.29 is 14.4 Å². The number of tetrazole rings is 1. The Kier molecular flexibility index (Phi) is 8.31. The Hall–Kier alpha value is -4.63. The zero-order valence-corrected chi connectivity index (χ0v) is 24.1. The average Bonchev–Trinajstić information content (AvgIpc) is 3.66. The predicted octanol–water partition coefficient (Wildman–Crippen LogP) is 0.857. The van der Waals surface area contributed by atoms with Crippen molar-refractivity contribution in [3.8, 4) is 6.07 Å². The molecule has 2 aromatic carbocycles. The van der Waals surface area contributed by atoms with E-state index in [9.17, 15) is 19.6 Å². The van der Waals surface area contributed by atoms with Crippen LogP contribution in [-0.2, 0) is 30.1 Å². The Labute approximate surface area is 244 Å². The fourth-order valence-electron chi connectivity index (χ4n) is 6.27. The highest BCUT2D eigenvalue weighted by molar-refractivity contribution is 5.95. The van der Waals surface area contributed by atoms with E-state index in [1.807, 2.05) is 24.3 Å². The Balaban J connectivity index is 1.58. The molecule has 0 bridgehead atoms. The number of likely N-dealkylation sites (tertiary alicyclic amines) is 1. The van der Waals surface area contributed by atoms with Gasteiger partial charge in [0.1, 0.15) is 6.04 Å². The zero-order valence-electron chi connectivity index (χ0n) is 24.1. The Morgan fingerprint density at radius 3 is 2.17 bits per heavy atom. The van der Waals surface area contributed by atoms with E-state index < -0.39 is 5.41 Å². The summed E-state index contributed by atoms with van der Waals surface area (Å²) in [7, 11) is 4.92. The number of aryl methyl sites for hydroxylation is 3. The normalized spacial score (nSPS) is 17.0. The number of amides is 3. The molecule has 1 aliphatic carbocycles. The lowest BCUT2D eigenvalue weighted by atomic mass is 9.69. The second kappa shape index (κ2) is 12.1. The molecule has 12 heteroatoms. The van der Waals surface area contributed by atoms with Crippen molar-refractivity contribution in [1.82, 2.24) is 41.1 Å². The van der Waals surface area contributed by atoms with Crippen LogP contribution in [0.4, 0.5) is 0 Å². The number of fused-ring (bicyclic) bond motifs is 2. The Bertz CT molecular complexity index is 1490. The van der Waals surface area contributed by atoms with Crippen molar-refractivity contribution in [3.05, 3.63) is 75.6 Å². The number of aromatic nitrogens is 4. The van der Waals surface area contributed by atoms with Gasteiger partial charge in [0, 0.05) is 31.8 Å². The number of carbonyl (C=O) groups excluding carboxylic acids is 3. The highest BCUT2D eigenvalue weighted by Crippen LogP contribution is 2.46. The molecule has 1 saturated heterocycles. The molecular formula is C30H35N9O3. The molecule has 1 fully saturated rings. The molecule has 12 nitrogen and oxygen atoms in total. The van der Waals surface area contributed by atoms with Crippen molar-refractivity contribution in [2.45, 2.75) is 43.6 Å². The summed E-state index contributed by atoms with van der Waals surface area (Å²) in [4.78, 5) is 41.1. The van der Waals surface area contributed by atoms with Gasteiger partial charge in [-0.1, -0.05) is 12.1 Å². The van der Waals surface area contributed by atoms with Gasteiger partial charge in [0.15, 0.2) is 5.82 Å². The summed E-state index contributed by atoms with van der Waals surface area (Å²) in [6.45, 7) is 1.13. The summed E-state index contributed by atoms with van der Waals surface area (Å²) in [6, 6.07) is 13.2. The summed E-state index contributed by atoms with van der Waals surface area (Å²) < 4.78 is 0. The molecule has 5 rings (SSSR count). The maximum atomic E-state index is 12.9. The Morgan fingerprint density at radius 1 is 1.02 bits per heavy atom. The first-order valence-electron chi connectivity index (χ1n) is 14.2. The van der Waals surface area contributed by atoms with Crippen LogP contribution in [0.1, 0.15) is 68.1 Å². The molecule has 42 heavy (non-hydrogen) atoms. The molecule has 1 atom stereocenters. The van der Waals surface area contributed by atoms with Gasteiger partial charge in [0.2, 0.25) is 5.91 Å². The summed E-state index contributed by atoms with van der Waals surface area (Å²) in [5.74, 6) is 0.0368. The highest BCUT2D eigenvalue weighted by Gasteiger charge is 2.44. The van der Waals surface area contributed by atoms with Gasteiger partial charge in [0.05, 0.1) is 25.1 Å². The van der Waals surface area contributed by atoms with Gasteiger partial charge < -0.3 is 20.9 Å². The topological polar surface area (TPSA) is 158 Å². The molecule has 3 amide bonds. The standard InChI is InChI=1S/C30H35N9O3/c1-32-27(41)21-8-10-24-19(15-21)6-7-20-16-22(28(42)33-2)9-11-25(20)30(24,29-35-37-38(3)36-29)12-13-34-18-26(40)39-14-4-5-23(39)17-31/h8-11,15-16,23,34H,4-7,12-14,18H2,1-3H3,(H,32,41)(H,33,42)/t23-/m0/s1. The molecule has 3 aromatic rings. The third-order valence-corrected chi connectivity index (χ3v) is 8.34. The molecule has 2 aliphatic rings. The third-order valence-electron chi connectivity index (χ3n) is 8.34. The van der Waals surface area contributed by atoms with Crippen LogP contribution in [0.3, 0.4) is 0 Å². The van der Waals surface area contributed by atoms with E-state index in [0.29, 0.717) is 55.7 Å². The van der Waals surface area contributed by atoms with Crippen LogP contribution in [0.25, 0.3) is 0 Å². The van der Waals surface area contributed by atoms with E-state index in [1.54, 1.807) is 38.2 Å². The van der Waals surface area contributed by atoms with Crippen LogP contribution >= 0.6 is 0 Å². The van der Waals surface area contributed by atoms with E-state index in [2.05, 4.69) is 37.4 Å². The number of carbonyl (C=O) groups is 3. The summed E-state index contributed by atoms with van der Waals surface area (Å²) in [6.07, 6.45) is 3.29. The molecule has 2 heterocycles. The number of nitrogens with one attached hydrogen (secondary N) is 3. The molecule has 218 valence electrons. The minimum atomic E-state index is -0.878. The zero-order chi connectivity index (χ0) is 29.9. The molecule has 0 radical (unpaired) electrons. The molecular weight excluding hydrogens is 534 g/mol. The van der Waals surface area contributed by atoms with E-state index in [4.69, 9.17) is 0 Å². The lowest BCUT2D eigenvalue weighted by molar-refractivity contribution is -0.130.